The first kappa shape index (κ1) is 16.1. The number of amides is 1. The summed E-state index contributed by atoms with van der Waals surface area (Å²) in [6.07, 6.45) is 6.30. The van der Waals surface area contributed by atoms with E-state index in [1.54, 1.807) is 19.1 Å². The van der Waals surface area contributed by atoms with Crippen molar-refractivity contribution >= 4 is 15.9 Å². The van der Waals surface area contributed by atoms with Crippen molar-refractivity contribution in [2.24, 2.45) is 23.2 Å². The number of hydrogen-bond acceptors (Lipinski definition) is 3. The molecule has 130 valence electrons. The average Bonchev–Trinajstić information content (AvgIpc) is 2.44. The zero-order valence-corrected chi connectivity index (χ0v) is 15.2. The Kier molecular flexibility index (Phi) is 3.57. The topological polar surface area (TPSA) is 63.2 Å². The number of hydrogen-bond donors (Lipinski definition) is 1. The molecule has 1 aromatic carbocycles. The van der Waals surface area contributed by atoms with Gasteiger partial charge in [-0.2, -0.15) is 0 Å². The normalized spacial score (nSPS) is 34.3. The molecule has 4 saturated carbocycles. The van der Waals surface area contributed by atoms with Gasteiger partial charge in [0.2, 0.25) is 5.91 Å². The minimum atomic E-state index is -3.80. The molecule has 5 rings (SSSR count). The maximum atomic E-state index is 13.0. The summed E-state index contributed by atoms with van der Waals surface area (Å²) in [4.78, 5) is 13.2. The van der Waals surface area contributed by atoms with Gasteiger partial charge in [0.25, 0.3) is 10.0 Å². The van der Waals surface area contributed by atoms with E-state index >= 15 is 0 Å². The summed E-state index contributed by atoms with van der Waals surface area (Å²) < 4.78 is 27.9. The molecule has 0 aromatic heterocycles. The second kappa shape index (κ2) is 5.32. The van der Waals surface area contributed by atoms with Crippen LogP contribution < -0.4 is 4.72 Å². The van der Waals surface area contributed by atoms with E-state index in [9.17, 15) is 13.2 Å². The minimum Gasteiger partial charge on any atom is -0.273 e. The van der Waals surface area contributed by atoms with Crippen molar-refractivity contribution in [2.75, 3.05) is 0 Å². The predicted octanol–water partition coefficient (Wildman–Crippen LogP) is 3.32. The smallest absolute Gasteiger partial charge is 0.264 e. The van der Waals surface area contributed by atoms with Gasteiger partial charge in [-0.25, -0.2) is 13.1 Å². The molecule has 24 heavy (non-hydrogen) atoms. The number of carbonyl (C=O) groups is 1. The van der Waals surface area contributed by atoms with Crippen molar-refractivity contribution < 1.29 is 13.2 Å². The lowest BCUT2D eigenvalue weighted by Crippen LogP contribution is -2.54. The molecule has 5 heteroatoms. The Labute approximate surface area is 144 Å². The fourth-order valence-electron chi connectivity index (χ4n) is 5.77. The summed E-state index contributed by atoms with van der Waals surface area (Å²) in [5, 5.41) is 0. The van der Waals surface area contributed by atoms with Crippen LogP contribution in [0.3, 0.4) is 0 Å². The fourth-order valence-corrected chi connectivity index (χ4v) is 7.08. The third kappa shape index (κ3) is 2.57. The molecule has 0 spiro atoms. The largest absolute Gasteiger partial charge is 0.273 e. The van der Waals surface area contributed by atoms with E-state index in [1.165, 1.54) is 19.3 Å². The van der Waals surface area contributed by atoms with Crippen LogP contribution in [0.15, 0.2) is 23.1 Å². The van der Waals surface area contributed by atoms with Crippen LogP contribution in [-0.2, 0) is 14.8 Å². The number of carbonyl (C=O) groups excluding carboxylic acids is 1. The summed E-state index contributed by atoms with van der Waals surface area (Å²) in [5.74, 6) is 1.59. The lowest BCUT2D eigenvalue weighted by molar-refractivity contribution is -0.144. The summed E-state index contributed by atoms with van der Waals surface area (Å²) in [6, 6.07) is 5.21. The van der Waals surface area contributed by atoms with Gasteiger partial charge in [-0.15, -0.1) is 0 Å². The van der Waals surface area contributed by atoms with Crippen molar-refractivity contribution in [2.45, 2.75) is 57.3 Å². The lowest BCUT2D eigenvalue weighted by atomic mass is 9.49. The Morgan fingerprint density at radius 1 is 1.04 bits per heavy atom. The van der Waals surface area contributed by atoms with Crippen LogP contribution in [0.4, 0.5) is 0 Å². The molecule has 1 N–H and O–H groups in total. The highest BCUT2D eigenvalue weighted by molar-refractivity contribution is 7.90. The molecule has 0 aliphatic heterocycles. The maximum Gasteiger partial charge on any atom is 0.264 e. The number of aryl methyl sites for hydroxylation is 2. The first-order valence-electron chi connectivity index (χ1n) is 8.92. The van der Waals surface area contributed by atoms with Crippen molar-refractivity contribution in [1.82, 2.24) is 4.72 Å². The van der Waals surface area contributed by atoms with Gasteiger partial charge in [0, 0.05) is 0 Å². The van der Waals surface area contributed by atoms with Crippen molar-refractivity contribution in [3.8, 4) is 0 Å². The number of nitrogens with one attached hydrogen (secondary N) is 1. The highest BCUT2D eigenvalue weighted by atomic mass is 32.2. The van der Waals surface area contributed by atoms with Gasteiger partial charge in [0.15, 0.2) is 0 Å². The van der Waals surface area contributed by atoms with E-state index in [0.29, 0.717) is 23.3 Å². The van der Waals surface area contributed by atoms with Gasteiger partial charge < -0.3 is 0 Å². The molecule has 4 fully saturated rings. The van der Waals surface area contributed by atoms with E-state index in [1.807, 2.05) is 13.0 Å². The first-order chi connectivity index (χ1) is 11.3. The molecular weight excluding hydrogens is 322 g/mol. The zero-order chi connectivity index (χ0) is 17.1. The Hall–Kier alpha value is -1.36. The molecule has 4 aliphatic carbocycles. The van der Waals surface area contributed by atoms with Crippen LogP contribution in [0.5, 0.6) is 0 Å². The molecule has 4 bridgehead atoms. The van der Waals surface area contributed by atoms with Crippen LogP contribution >= 0.6 is 0 Å². The highest BCUT2D eigenvalue weighted by Gasteiger charge is 2.55. The summed E-state index contributed by atoms with van der Waals surface area (Å²) in [7, 11) is -3.80. The minimum absolute atomic E-state index is 0.214. The third-order valence-corrected chi connectivity index (χ3v) is 7.86. The monoisotopic (exact) mass is 347 g/mol. The predicted molar refractivity (Wildman–Crippen MR) is 91.8 cm³/mol. The van der Waals surface area contributed by atoms with E-state index < -0.39 is 15.4 Å². The molecule has 4 aliphatic rings. The molecule has 0 radical (unpaired) electrons. The Bertz CT molecular complexity index is 762. The summed E-state index contributed by atoms with van der Waals surface area (Å²) in [6.45, 7) is 3.70. The Balaban J connectivity index is 1.59. The zero-order valence-electron chi connectivity index (χ0n) is 14.3. The standard InChI is InChI=1S/C19H25NO3S/c1-12-3-4-17(13(2)5-12)24(22,23)20-18(21)19-9-14-6-15(10-19)8-16(7-14)11-19/h3-5,14-16H,6-11H2,1-2H3,(H,20,21). The summed E-state index contributed by atoms with van der Waals surface area (Å²) in [5.41, 5.74) is 1.25. The quantitative estimate of drug-likeness (QED) is 0.912. The molecule has 1 amide bonds. The van der Waals surface area contributed by atoms with E-state index in [0.717, 1.165) is 24.8 Å². The molecule has 0 heterocycles. The van der Waals surface area contributed by atoms with E-state index in [4.69, 9.17) is 0 Å². The molecular formula is C19H25NO3S. The number of sulfonamides is 1. The first-order valence-corrected chi connectivity index (χ1v) is 10.4. The van der Waals surface area contributed by atoms with Gasteiger partial charge in [-0.3, -0.25) is 4.79 Å². The van der Waals surface area contributed by atoms with Gasteiger partial charge in [0.1, 0.15) is 0 Å². The molecule has 0 saturated heterocycles. The van der Waals surface area contributed by atoms with Crippen molar-refractivity contribution in [3.63, 3.8) is 0 Å². The molecule has 0 unspecified atom stereocenters. The highest BCUT2D eigenvalue weighted by Crippen LogP contribution is 2.60. The second-order valence-corrected chi connectivity index (χ2v) is 10.1. The average molecular weight is 347 g/mol. The van der Waals surface area contributed by atoms with Gasteiger partial charge >= 0.3 is 0 Å². The van der Waals surface area contributed by atoms with Crippen LogP contribution in [0.25, 0.3) is 0 Å². The Morgan fingerprint density at radius 3 is 2.08 bits per heavy atom. The van der Waals surface area contributed by atoms with E-state index in [2.05, 4.69) is 4.72 Å². The van der Waals surface area contributed by atoms with Gasteiger partial charge in [-0.05, 0) is 81.8 Å². The molecule has 0 atom stereocenters. The SMILES string of the molecule is Cc1ccc(S(=O)(=O)NC(=O)C23CC4CC(CC(C4)C2)C3)c(C)c1. The van der Waals surface area contributed by atoms with Crippen molar-refractivity contribution in [3.05, 3.63) is 29.3 Å². The second-order valence-electron chi connectivity index (χ2n) is 8.40. The van der Waals surface area contributed by atoms with Crippen LogP contribution in [-0.4, -0.2) is 14.3 Å². The van der Waals surface area contributed by atoms with Crippen LogP contribution in [0.1, 0.15) is 49.7 Å². The molecule has 1 aromatic rings. The number of rotatable bonds is 3. The van der Waals surface area contributed by atoms with Gasteiger partial charge in [-0.1, -0.05) is 17.7 Å². The fraction of sp³-hybridized carbons (Fsp3) is 0.632. The van der Waals surface area contributed by atoms with E-state index in [-0.39, 0.29) is 10.8 Å². The third-order valence-electron chi connectivity index (χ3n) is 6.37. The van der Waals surface area contributed by atoms with Crippen LogP contribution in [0, 0.1) is 37.0 Å². The van der Waals surface area contributed by atoms with Crippen molar-refractivity contribution in [1.29, 1.82) is 0 Å². The summed E-state index contributed by atoms with van der Waals surface area (Å²) >= 11 is 0. The number of benzene rings is 1. The maximum absolute atomic E-state index is 13.0. The Morgan fingerprint density at radius 2 is 1.58 bits per heavy atom. The van der Waals surface area contributed by atoms with Crippen LogP contribution in [0.2, 0.25) is 0 Å². The molecule has 4 nitrogen and oxygen atoms in total. The lowest BCUT2D eigenvalue weighted by Gasteiger charge is -2.55. The van der Waals surface area contributed by atoms with Gasteiger partial charge in [0.05, 0.1) is 10.3 Å².